The smallest absolute Gasteiger partial charge is 0.338 e. The molecule has 0 saturated heterocycles. The minimum atomic E-state index is -0.657. The Hall–Kier alpha value is -3.15. The number of hydrogen-bond donors (Lipinski definition) is 0. The summed E-state index contributed by atoms with van der Waals surface area (Å²) in [6.07, 6.45) is 0.601. The van der Waals surface area contributed by atoms with Crippen LogP contribution in [0, 0.1) is 10.1 Å². The van der Waals surface area contributed by atoms with Crippen molar-refractivity contribution in [3.63, 3.8) is 0 Å². The number of benzene rings is 2. The van der Waals surface area contributed by atoms with E-state index < -0.39 is 16.5 Å². The molecule has 0 N–H and O–H groups in total. The molecule has 3 rings (SSSR count). The fourth-order valence-corrected chi connectivity index (χ4v) is 3.96. The highest BCUT2D eigenvalue weighted by Crippen LogP contribution is 2.41. The van der Waals surface area contributed by atoms with E-state index in [9.17, 15) is 19.7 Å². The Morgan fingerprint density at radius 1 is 1.09 bits per heavy atom. The van der Waals surface area contributed by atoms with Gasteiger partial charge in [0.2, 0.25) is 0 Å². The van der Waals surface area contributed by atoms with Crippen molar-refractivity contribution in [1.29, 1.82) is 0 Å². The van der Waals surface area contributed by atoms with Crippen LogP contribution < -0.4 is 15.0 Å². The first-order chi connectivity index (χ1) is 15.4. The molecule has 0 spiro atoms. The second kappa shape index (κ2) is 9.98. The molecule has 0 aliphatic heterocycles. The average molecular weight is 552 g/mol. The zero-order valence-electron chi connectivity index (χ0n) is 17.7. The molecule has 9 nitrogen and oxygen atoms in total. The maximum Gasteiger partial charge on any atom is 0.338 e. The van der Waals surface area contributed by atoms with E-state index in [0.29, 0.717) is 6.42 Å². The molecule has 0 amide bonds. The summed E-state index contributed by atoms with van der Waals surface area (Å²) in [4.78, 5) is 37.8. The van der Waals surface area contributed by atoms with Crippen LogP contribution in [0.2, 0.25) is 0 Å². The van der Waals surface area contributed by atoms with Gasteiger partial charge in [-0.25, -0.2) is 4.79 Å². The van der Waals surface area contributed by atoms with E-state index in [0.717, 1.165) is 4.43 Å². The highest BCUT2D eigenvalue weighted by atomic mass is 127. The highest BCUT2D eigenvalue weighted by Gasteiger charge is 2.30. The fraction of sp³-hybridized carbons (Fsp3) is 0.273. The van der Waals surface area contributed by atoms with Crippen LogP contribution in [-0.2, 0) is 11.3 Å². The van der Waals surface area contributed by atoms with Crippen LogP contribution >= 0.6 is 22.6 Å². The number of pyridine rings is 1. The molecule has 0 aliphatic rings. The van der Waals surface area contributed by atoms with Gasteiger partial charge in [-0.1, -0.05) is 40.8 Å². The van der Waals surface area contributed by atoms with Crippen molar-refractivity contribution in [2.45, 2.75) is 13.0 Å². The Bertz CT molecular complexity index is 1250. The van der Waals surface area contributed by atoms with Gasteiger partial charge in [0, 0.05) is 16.5 Å². The molecule has 0 fully saturated rings. The van der Waals surface area contributed by atoms with Crippen molar-refractivity contribution in [1.82, 2.24) is 4.57 Å². The van der Waals surface area contributed by atoms with Crippen LogP contribution in [0.4, 0.5) is 5.69 Å². The van der Waals surface area contributed by atoms with Gasteiger partial charge in [0.15, 0.2) is 11.5 Å². The normalized spacial score (nSPS) is 10.8. The number of rotatable bonds is 8. The van der Waals surface area contributed by atoms with E-state index in [2.05, 4.69) is 22.6 Å². The number of methoxy groups -OCH3 is 3. The third-order valence-corrected chi connectivity index (χ3v) is 5.80. The monoisotopic (exact) mass is 552 g/mol. The Morgan fingerprint density at radius 2 is 1.72 bits per heavy atom. The van der Waals surface area contributed by atoms with Gasteiger partial charge in [0.1, 0.15) is 5.69 Å². The Labute approximate surface area is 197 Å². The predicted molar refractivity (Wildman–Crippen MR) is 128 cm³/mol. The number of carbonyl (C=O) groups excluding carboxylic acids is 1. The Balaban J connectivity index is 2.57. The van der Waals surface area contributed by atoms with E-state index in [1.54, 1.807) is 18.2 Å². The number of alkyl halides is 1. The first-order valence-electron chi connectivity index (χ1n) is 9.60. The number of carbonyl (C=O) groups is 1. The molecule has 1 heterocycles. The highest BCUT2D eigenvalue weighted by molar-refractivity contribution is 14.1. The predicted octanol–water partition coefficient (Wildman–Crippen LogP) is 4.21. The maximum absolute atomic E-state index is 13.5. The maximum atomic E-state index is 13.5. The topological polar surface area (TPSA) is 110 Å². The van der Waals surface area contributed by atoms with Crippen molar-refractivity contribution in [3.05, 3.63) is 62.4 Å². The van der Waals surface area contributed by atoms with Crippen molar-refractivity contribution >= 4 is 45.0 Å². The molecule has 2 aromatic carbocycles. The lowest BCUT2D eigenvalue weighted by molar-refractivity contribution is -0.382. The first-order valence-corrected chi connectivity index (χ1v) is 11.1. The van der Waals surface area contributed by atoms with Gasteiger partial charge in [-0.2, -0.15) is 0 Å². The van der Waals surface area contributed by atoms with Crippen molar-refractivity contribution in [2.75, 3.05) is 25.8 Å². The first kappa shape index (κ1) is 23.5. The molecule has 32 heavy (non-hydrogen) atoms. The molecule has 3 aromatic rings. The quantitative estimate of drug-likeness (QED) is 0.135. The molecule has 0 saturated carbocycles. The summed E-state index contributed by atoms with van der Waals surface area (Å²) >= 11 is 2.18. The summed E-state index contributed by atoms with van der Waals surface area (Å²) < 4.78 is 17.6. The van der Waals surface area contributed by atoms with E-state index in [-0.39, 0.29) is 51.3 Å². The van der Waals surface area contributed by atoms with Gasteiger partial charge >= 0.3 is 11.7 Å². The molecule has 0 atom stereocenters. The average Bonchev–Trinajstić information content (AvgIpc) is 2.81. The summed E-state index contributed by atoms with van der Waals surface area (Å²) in [6.45, 7) is 0.234. The van der Waals surface area contributed by atoms with Crippen molar-refractivity contribution in [3.8, 4) is 22.8 Å². The molecule has 0 radical (unpaired) electrons. The molecule has 0 aliphatic carbocycles. The third kappa shape index (κ3) is 4.14. The third-order valence-electron chi connectivity index (χ3n) is 5.03. The molecular formula is C22H21IN2O7. The van der Waals surface area contributed by atoms with E-state index in [4.69, 9.17) is 14.2 Å². The Morgan fingerprint density at radius 3 is 2.28 bits per heavy atom. The molecule has 0 unspecified atom stereocenters. The van der Waals surface area contributed by atoms with Gasteiger partial charge < -0.3 is 18.8 Å². The second-order valence-electron chi connectivity index (χ2n) is 6.74. The number of halogens is 1. The molecule has 0 bridgehead atoms. The summed E-state index contributed by atoms with van der Waals surface area (Å²) in [5, 5.41) is 12.6. The zero-order valence-corrected chi connectivity index (χ0v) is 19.9. The lowest BCUT2D eigenvalue weighted by atomic mass is 9.98. The van der Waals surface area contributed by atoms with Crippen LogP contribution in [0.3, 0.4) is 0 Å². The van der Waals surface area contributed by atoms with Crippen LogP contribution in [0.25, 0.3) is 22.0 Å². The van der Waals surface area contributed by atoms with Crippen molar-refractivity contribution < 1.29 is 23.9 Å². The minimum Gasteiger partial charge on any atom is -0.493 e. The number of aromatic nitrogens is 1. The zero-order chi connectivity index (χ0) is 23.4. The standard InChI is InChI=1S/C22H21IN2O7/c1-30-17-11-15-16(12-18(17)31-2)21(26)24(10-6-9-23)19(20(15)25(28)29)13-7-4-5-8-14(13)22(27)32-3/h4-5,7-8,11-12H,6,9-10H2,1-3H3. The minimum absolute atomic E-state index is 0.0468. The van der Waals surface area contributed by atoms with Gasteiger partial charge in [-0.3, -0.25) is 14.9 Å². The van der Waals surface area contributed by atoms with Crippen LogP contribution in [0.1, 0.15) is 16.8 Å². The molecule has 168 valence electrons. The van der Waals surface area contributed by atoms with Gasteiger partial charge in [-0.05, 0) is 24.6 Å². The number of fused-ring (bicyclic) bond motifs is 1. The van der Waals surface area contributed by atoms with Gasteiger partial charge in [0.05, 0.1) is 42.6 Å². The summed E-state index contributed by atoms with van der Waals surface area (Å²) in [5.74, 6) is -0.121. The van der Waals surface area contributed by atoms with Crippen LogP contribution in [0.5, 0.6) is 11.5 Å². The number of nitrogens with zero attached hydrogens (tertiary/aromatic N) is 2. The summed E-state index contributed by atoms with van der Waals surface area (Å²) in [6, 6.07) is 9.22. The lowest BCUT2D eigenvalue weighted by Crippen LogP contribution is -2.24. The number of nitro groups is 1. The summed E-state index contributed by atoms with van der Waals surface area (Å²) in [5.41, 5.74) is -0.309. The Kier molecular flexibility index (Phi) is 7.33. The largest absolute Gasteiger partial charge is 0.493 e. The summed E-state index contributed by atoms with van der Waals surface area (Å²) in [7, 11) is 4.06. The SMILES string of the molecule is COC(=O)c1ccccc1-c1c([N+](=O)[O-])c2cc(OC)c(OC)cc2c(=O)n1CCCI. The molecule has 1 aromatic heterocycles. The van der Waals surface area contributed by atoms with Crippen LogP contribution in [-0.4, -0.2) is 41.2 Å². The fourth-order valence-electron chi connectivity index (χ4n) is 3.62. The van der Waals surface area contributed by atoms with E-state index in [1.165, 1.54) is 44.1 Å². The van der Waals surface area contributed by atoms with Crippen molar-refractivity contribution in [2.24, 2.45) is 0 Å². The molecule has 10 heteroatoms. The van der Waals surface area contributed by atoms with E-state index in [1.807, 2.05) is 0 Å². The van der Waals surface area contributed by atoms with E-state index >= 15 is 0 Å². The number of ether oxygens (including phenoxy) is 3. The number of esters is 1. The van der Waals surface area contributed by atoms with Gasteiger partial charge in [0.25, 0.3) is 5.56 Å². The lowest BCUT2D eigenvalue weighted by Gasteiger charge is -2.18. The van der Waals surface area contributed by atoms with Gasteiger partial charge in [-0.15, -0.1) is 0 Å². The van der Waals surface area contributed by atoms with Crippen LogP contribution in [0.15, 0.2) is 41.2 Å². The number of hydrogen-bond acceptors (Lipinski definition) is 7. The molecular weight excluding hydrogens is 531 g/mol. The second-order valence-corrected chi connectivity index (χ2v) is 7.82.